The van der Waals surface area contributed by atoms with Gasteiger partial charge in [-0.25, -0.2) is 0 Å². The highest BCUT2D eigenvalue weighted by Crippen LogP contribution is 2.32. The van der Waals surface area contributed by atoms with Crippen LogP contribution in [0.2, 0.25) is 0 Å². The van der Waals surface area contributed by atoms with Gasteiger partial charge >= 0.3 is 0 Å². The minimum atomic E-state index is -0.454. The first kappa shape index (κ1) is 19.2. The molecule has 3 amide bonds. The number of carbonyl (C=O) groups is 3. The molecule has 1 fully saturated rings. The number of carbonyl (C=O) groups excluding carboxylic acids is 3. The predicted octanol–water partition coefficient (Wildman–Crippen LogP) is 3.58. The molecule has 1 aromatic rings. The summed E-state index contributed by atoms with van der Waals surface area (Å²) in [6, 6.07) is 7.74. The molecule has 1 aromatic carbocycles. The molecule has 0 spiro atoms. The number of nitrogens with one attached hydrogen (secondary N) is 1. The molecular formula is C19H24N2O3S. The average molecular weight is 360 g/mol. The van der Waals surface area contributed by atoms with Crippen molar-refractivity contribution >= 4 is 34.9 Å². The average Bonchev–Trinajstić information content (AvgIpc) is 2.84. The molecule has 1 saturated heterocycles. The van der Waals surface area contributed by atoms with Crippen molar-refractivity contribution in [2.75, 3.05) is 13.1 Å². The van der Waals surface area contributed by atoms with Crippen molar-refractivity contribution in [3.05, 3.63) is 40.3 Å². The molecule has 0 unspecified atom stereocenters. The third-order valence-electron chi connectivity index (χ3n) is 4.37. The maximum atomic E-state index is 12.4. The standard InChI is InChI=1S/C19H24N2O3S/c1-5-19(3,4)17(23)20-10-11-21-16(22)15(25-18(21)24)12-14-8-6-13(2)7-9-14/h6-9,12H,5,10-11H2,1-4H3,(H,20,23)/b15-12+. The highest BCUT2D eigenvalue weighted by atomic mass is 32.2. The molecule has 2 rings (SSSR count). The molecular weight excluding hydrogens is 336 g/mol. The van der Waals surface area contributed by atoms with Crippen LogP contribution in [0.15, 0.2) is 29.2 Å². The Morgan fingerprint density at radius 3 is 2.48 bits per heavy atom. The van der Waals surface area contributed by atoms with Gasteiger partial charge in [-0.15, -0.1) is 0 Å². The van der Waals surface area contributed by atoms with E-state index in [9.17, 15) is 14.4 Å². The number of thioether (sulfide) groups is 1. The molecule has 1 aliphatic heterocycles. The summed E-state index contributed by atoms with van der Waals surface area (Å²) in [5.74, 6) is -0.378. The van der Waals surface area contributed by atoms with Gasteiger partial charge in [-0.3, -0.25) is 19.3 Å². The molecule has 25 heavy (non-hydrogen) atoms. The van der Waals surface area contributed by atoms with Gasteiger partial charge < -0.3 is 5.32 Å². The number of benzene rings is 1. The van der Waals surface area contributed by atoms with E-state index in [-0.39, 0.29) is 30.1 Å². The summed E-state index contributed by atoms with van der Waals surface area (Å²) in [4.78, 5) is 38.1. The number of amides is 3. The SMILES string of the molecule is CCC(C)(C)C(=O)NCCN1C(=O)S/C(=C/c2ccc(C)cc2)C1=O. The van der Waals surface area contributed by atoms with E-state index in [1.807, 2.05) is 52.0 Å². The first-order valence-corrected chi connectivity index (χ1v) is 9.16. The summed E-state index contributed by atoms with van der Waals surface area (Å²) in [6.45, 7) is 8.12. The largest absolute Gasteiger partial charge is 0.354 e. The highest BCUT2D eigenvalue weighted by Gasteiger charge is 2.35. The topological polar surface area (TPSA) is 66.5 Å². The Labute approximate surface area is 152 Å². The number of hydrogen-bond acceptors (Lipinski definition) is 4. The van der Waals surface area contributed by atoms with Crippen LogP contribution in [0.25, 0.3) is 6.08 Å². The van der Waals surface area contributed by atoms with Crippen LogP contribution in [-0.4, -0.2) is 35.0 Å². The number of imide groups is 1. The van der Waals surface area contributed by atoms with Crippen molar-refractivity contribution in [2.24, 2.45) is 5.41 Å². The first-order chi connectivity index (χ1) is 11.7. The maximum absolute atomic E-state index is 12.4. The number of hydrogen-bond donors (Lipinski definition) is 1. The Morgan fingerprint density at radius 1 is 1.24 bits per heavy atom. The van der Waals surface area contributed by atoms with Gasteiger partial charge in [0.2, 0.25) is 5.91 Å². The normalized spacial score (nSPS) is 16.6. The van der Waals surface area contributed by atoms with Crippen LogP contribution in [0.1, 0.15) is 38.3 Å². The quantitative estimate of drug-likeness (QED) is 0.788. The summed E-state index contributed by atoms with van der Waals surface area (Å²) >= 11 is 0.936. The fourth-order valence-corrected chi connectivity index (χ4v) is 3.05. The molecule has 6 heteroatoms. The number of rotatable bonds is 6. The van der Waals surface area contributed by atoms with E-state index in [1.54, 1.807) is 6.08 Å². The summed E-state index contributed by atoms with van der Waals surface area (Å²) in [6.07, 6.45) is 2.45. The molecule has 0 bridgehead atoms. The second kappa shape index (κ2) is 7.87. The van der Waals surface area contributed by atoms with Gasteiger partial charge in [0.1, 0.15) is 0 Å². The smallest absolute Gasteiger partial charge is 0.293 e. The second-order valence-electron chi connectivity index (χ2n) is 6.74. The fourth-order valence-electron chi connectivity index (χ4n) is 2.19. The van der Waals surface area contributed by atoms with Crippen LogP contribution in [0, 0.1) is 12.3 Å². The maximum Gasteiger partial charge on any atom is 0.293 e. The van der Waals surface area contributed by atoms with E-state index in [2.05, 4.69) is 5.32 Å². The van der Waals surface area contributed by atoms with Crippen molar-refractivity contribution in [1.29, 1.82) is 0 Å². The molecule has 134 valence electrons. The lowest BCUT2D eigenvalue weighted by atomic mass is 9.89. The van der Waals surface area contributed by atoms with Gasteiger partial charge in [0, 0.05) is 18.5 Å². The van der Waals surface area contributed by atoms with Gasteiger partial charge in [-0.05, 0) is 36.7 Å². The Balaban J connectivity index is 1.97. The monoisotopic (exact) mass is 360 g/mol. The Bertz CT molecular complexity index is 708. The Morgan fingerprint density at radius 2 is 1.88 bits per heavy atom. The zero-order chi connectivity index (χ0) is 18.6. The Kier molecular flexibility index (Phi) is 6.06. The Hall–Kier alpha value is -2.08. The molecule has 1 aliphatic rings. The first-order valence-electron chi connectivity index (χ1n) is 8.35. The van der Waals surface area contributed by atoms with Crippen molar-refractivity contribution in [3.8, 4) is 0 Å². The van der Waals surface area contributed by atoms with Crippen LogP contribution in [-0.2, 0) is 9.59 Å². The summed E-state index contributed by atoms with van der Waals surface area (Å²) in [7, 11) is 0. The van der Waals surface area contributed by atoms with Gasteiger partial charge in [-0.2, -0.15) is 0 Å². The van der Waals surface area contributed by atoms with Crippen molar-refractivity contribution in [1.82, 2.24) is 10.2 Å². The van der Waals surface area contributed by atoms with E-state index in [0.717, 1.165) is 29.3 Å². The van der Waals surface area contributed by atoms with Crippen LogP contribution in [0.3, 0.4) is 0 Å². The van der Waals surface area contributed by atoms with Crippen molar-refractivity contribution in [3.63, 3.8) is 0 Å². The molecule has 0 atom stereocenters. The van der Waals surface area contributed by atoms with Crippen molar-refractivity contribution < 1.29 is 14.4 Å². The fraction of sp³-hybridized carbons (Fsp3) is 0.421. The van der Waals surface area contributed by atoms with E-state index in [0.29, 0.717) is 4.91 Å². The molecule has 5 nitrogen and oxygen atoms in total. The minimum Gasteiger partial charge on any atom is -0.354 e. The second-order valence-corrected chi connectivity index (χ2v) is 7.73. The van der Waals surface area contributed by atoms with E-state index in [1.165, 1.54) is 4.90 Å². The van der Waals surface area contributed by atoms with Crippen LogP contribution < -0.4 is 5.32 Å². The van der Waals surface area contributed by atoms with Gasteiger partial charge in [0.05, 0.1) is 4.91 Å². The van der Waals surface area contributed by atoms with E-state index in [4.69, 9.17) is 0 Å². The highest BCUT2D eigenvalue weighted by molar-refractivity contribution is 8.18. The third kappa shape index (κ3) is 4.72. The summed E-state index contributed by atoms with van der Waals surface area (Å²) < 4.78 is 0. The molecule has 0 aromatic heterocycles. The lowest BCUT2D eigenvalue weighted by molar-refractivity contribution is -0.130. The van der Waals surface area contributed by atoms with Gasteiger partial charge in [-0.1, -0.05) is 50.6 Å². The zero-order valence-electron chi connectivity index (χ0n) is 15.1. The van der Waals surface area contributed by atoms with Gasteiger partial charge in [0.15, 0.2) is 0 Å². The van der Waals surface area contributed by atoms with E-state index >= 15 is 0 Å². The van der Waals surface area contributed by atoms with Crippen molar-refractivity contribution in [2.45, 2.75) is 34.1 Å². The van der Waals surface area contributed by atoms with Gasteiger partial charge in [0.25, 0.3) is 11.1 Å². The lowest BCUT2D eigenvalue weighted by Gasteiger charge is -2.22. The number of aryl methyl sites for hydroxylation is 1. The lowest BCUT2D eigenvalue weighted by Crippen LogP contribution is -2.42. The summed E-state index contributed by atoms with van der Waals surface area (Å²) in [5, 5.41) is 2.50. The molecule has 0 radical (unpaired) electrons. The summed E-state index contributed by atoms with van der Waals surface area (Å²) in [5.41, 5.74) is 1.56. The van der Waals surface area contributed by atoms with Crippen LogP contribution >= 0.6 is 11.8 Å². The molecule has 0 saturated carbocycles. The predicted molar refractivity (Wildman–Crippen MR) is 101 cm³/mol. The van der Waals surface area contributed by atoms with Crippen LogP contribution in [0.4, 0.5) is 4.79 Å². The number of nitrogens with zero attached hydrogens (tertiary/aromatic N) is 1. The zero-order valence-corrected chi connectivity index (χ0v) is 15.9. The van der Waals surface area contributed by atoms with Crippen LogP contribution in [0.5, 0.6) is 0 Å². The molecule has 1 N–H and O–H groups in total. The third-order valence-corrected chi connectivity index (χ3v) is 5.28. The minimum absolute atomic E-state index is 0.0721. The molecule has 1 heterocycles. The molecule has 0 aliphatic carbocycles. The van der Waals surface area contributed by atoms with E-state index < -0.39 is 5.41 Å².